The van der Waals surface area contributed by atoms with Gasteiger partial charge >= 0.3 is 0 Å². The van der Waals surface area contributed by atoms with Crippen LogP contribution >= 0.6 is 0 Å². The molecular formula is C21H18N2O7. The largest absolute Gasteiger partial charge is 0.497 e. The van der Waals surface area contributed by atoms with Gasteiger partial charge in [-0.25, -0.2) is 4.90 Å². The Morgan fingerprint density at radius 2 is 1.57 bits per heavy atom. The van der Waals surface area contributed by atoms with Crippen LogP contribution < -0.4 is 14.4 Å². The molecule has 3 aliphatic heterocycles. The highest BCUT2D eigenvalue weighted by Crippen LogP contribution is 2.50. The van der Waals surface area contributed by atoms with Crippen molar-refractivity contribution in [2.75, 3.05) is 12.0 Å². The Morgan fingerprint density at radius 3 is 2.13 bits per heavy atom. The number of amides is 2. The Hall–Kier alpha value is -3.46. The second-order valence-electron chi connectivity index (χ2n) is 7.57. The Kier molecular flexibility index (Phi) is 4.21. The van der Waals surface area contributed by atoms with Gasteiger partial charge in [0.25, 0.3) is 5.69 Å². The number of hydrogen-bond acceptors (Lipinski definition) is 7. The summed E-state index contributed by atoms with van der Waals surface area (Å²) in [4.78, 5) is 37.9. The van der Waals surface area contributed by atoms with Gasteiger partial charge in [0.15, 0.2) is 0 Å². The van der Waals surface area contributed by atoms with E-state index >= 15 is 0 Å². The third-order valence-electron chi connectivity index (χ3n) is 5.92. The van der Waals surface area contributed by atoms with E-state index in [1.165, 1.54) is 18.2 Å². The molecule has 2 amide bonds. The molecule has 0 spiro atoms. The van der Waals surface area contributed by atoms with E-state index in [2.05, 4.69) is 0 Å². The Bertz CT molecular complexity index is 1020. The van der Waals surface area contributed by atoms with Gasteiger partial charge in [-0.15, -0.1) is 0 Å². The van der Waals surface area contributed by atoms with E-state index in [-0.39, 0.29) is 41.1 Å². The van der Waals surface area contributed by atoms with Crippen molar-refractivity contribution >= 4 is 23.2 Å². The average molecular weight is 410 g/mol. The topological polar surface area (TPSA) is 108 Å². The number of methoxy groups -OCH3 is 1. The van der Waals surface area contributed by atoms with Gasteiger partial charge in [0.1, 0.15) is 17.2 Å². The lowest BCUT2D eigenvalue weighted by molar-refractivity contribution is -0.384. The summed E-state index contributed by atoms with van der Waals surface area (Å²) in [6.45, 7) is 0. The third-order valence-corrected chi connectivity index (χ3v) is 5.92. The number of carbonyl (C=O) groups is 2. The molecule has 3 aliphatic rings. The summed E-state index contributed by atoms with van der Waals surface area (Å²) >= 11 is 0. The highest BCUT2D eigenvalue weighted by molar-refractivity contribution is 6.23. The number of carbonyl (C=O) groups excluding carboxylic acids is 2. The maximum atomic E-state index is 13.0. The molecule has 3 fully saturated rings. The lowest BCUT2D eigenvalue weighted by atomic mass is 9.81. The molecule has 2 aromatic carbocycles. The monoisotopic (exact) mass is 410 g/mol. The molecule has 0 N–H and O–H groups in total. The number of nitro benzene ring substituents is 1. The lowest BCUT2D eigenvalue weighted by Gasteiger charge is -2.18. The Balaban J connectivity index is 1.49. The van der Waals surface area contributed by atoms with Crippen LogP contribution in [-0.4, -0.2) is 36.1 Å². The molecule has 3 saturated heterocycles. The van der Waals surface area contributed by atoms with E-state index in [1.54, 1.807) is 31.4 Å². The van der Waals surface area contributed by atoms with Crippen molar-refractivity contribution in [1.29, 1.82) is 0 Å². The first-order valence-corrected chi connectivity index (χ1v) is 9.61. The lowest BCUT2D eigenvalue weighted by Crippen LogP contribution is -2.34. The molecule has 5 rings (SSSR count). The van der Waals surface area contributed by atoms with Crippen LogP contribution in [0.25, 0.3) is 0 Å². The predicted molar refractivity (Wildman–Crippen MR) is 104 cm³/mol. The van der Waals surface area contributed by atoms with Gasteiger partial charge in [0, 0.05) is 12.1 Å². The van der Waals surface area contributed by atoms with Crippen LogP contribution in [0.2, 0.25) is 0 Å². The van der Waals surface area contributed by atoms with Crippen molar-refractivity contribution in [3.8, 4) is 17.2 Å². The molecule has 2 bridgehead atoms. The number of benzene rings is 2. The highest BCUT2D eigenvalue weighted by atomic mass is 16.6. The zero-order valence-corrected chi connectivity index (χ0v) is 16.0. The van der Waals surface area contributed by atoms with Crippen molar-refractivity contribution in [1.82, 2.24) is 0 Å². The second kappa shape index (κ2) is 6.81. The summed E-state index contributed by atoms with van der Waals surface area (Å²) in [5.41, 5.74) is -0.135. The molecule has 0 aliphatic carbocycles. The van der Waals surface area contributed by atoms with E-state index in [9.17, 15) is 19.7 Å². The molecular weight excluding hydrogens is 392 g/mol. The Morgan fingerprint density at radius 1 is 0.967 bits per heavy atom. The second-order valence-corrected chi connectivity index (χ2v) is 7.57. The Labute approximate surface area is 171 Å². The van der Waals surface area contributed by atoms with Crippen molar-refractivity contribution in [2.24, 2.45) is 11.8 Å². The average Bonchev–Trinajstić information content (AvgIpc) is 3.42. The van der Waals surface area contributed by atoms with Gasteiger partial charge in [-0.1, -0.05) is 0 Å². The summed E-state index contributed by atoms with van der Waals surface area (Å²) in [5.74, 6) is -0.534. The van der Waals surface area contributed by atoms with Crippen molar-refractivity contribution in [2.45, 2.75) is 25.0 Å². The first-order valence-electron chi connectivity index (χ1n) is 9.61. The molecule has 9 heteroatoms. The minimum absolute atomic E-state index is 0.136. The number of imide groups is 1. The number of hydrogen-bond donors (Lipinski definition) is 0. The van der Waals surface area contributed by atoms with Gasteiger partial charge in [0.05, 0.1) is 47.8 Å². The maximum Gasteiger partial charge on any atom is 0.275 e. The van der Waals surface area contributed by atoms with Gasteiger partial charge < -0.3 is 14.2 Å². The first-order chi connectivity index (χ1) is 14.5. The molecule has 9 nitrogen and oxygen atoms in total. The smallest absolute Gasteiger partial charge is 0.275 e. The van der Waals surface area contributed by atoms with E-state index < -0.39 is 16.8 Å². The van der Waals surface area contributed by atoms with E-state index in [0.717, 1.165) is 17.7 Å². The van der Waals surface area contributed by atoms with Crippen LogP contribution in [-0.2, 0) is 14.3 Å². The number of nitrogens with zero attached hydrogens (tertiary/aromatic N) is 2. The molecule has 0 unspecified atom stereocenters. The fourth-order valence-electron chi connectivity index (χ4n) is 4.61. The van der Waals surface area contributed by atoms with E-state index in [4.69, 9.17) is 14.2 Å². The molecule has 0 radical (unpaired) electrons. The summed E-state index contributed by atoms with van der Waals surface area (Å²) < 4.78 is 16.6. The van der Waals surface area contributed by atoms with Crippen LogP contribution in [0.1, 0.15) is 12.8 Å². The highest BCUT2D eigenvalue weighted by Gasteiger charge is 2.62. The molecule has 0 aromatic heterocycles. The number of nitro groups is 1. The normalized spacial score (nSPS) is 26.8. The minimum Gasteiger partial charge on any atom is -0.497 e. The number of anilines is 1. The van der Waals surface area contributed by atoms with Gasteiger partial charge in [-0.05, 0) is 37.1 Å². The number of non-ortho nitro benzene ring substituents is 1. The molecule has 3 heterocycles. The quantitative estimate of drug-likeness (QED) is 0.423. The molecule has 2 aromatic rings. The molecule has 30 heavy (non-hydrogen) atoms. The number of ether oxygens (including phenoxy) is 3. The van der Waals surface area contributed by atoms with Gasteiger partial charge in [-0.2, -0.15) is 0 Å². The summed E-state index contributed by atoms with van der Waals surface area (Å²) in [5, 5.41) is 11.5. The predicted octanol–water partition coefficient (Wildman–Crippen LogP) is 3.06. The van der Waals surface area contributed by atoms with Crippen LogP contribution in [0.3, 0.4) is 0 Å². The van der Waals surface area contributed by atoms with Crippen LogP contribution in [0.5, 0.6) is 17.2 Å². The SMILES string of the molecule is COc1ccc(Oc2cc(N3C(=O)[C@@H]4[C@H](C3=O)[C@@H]3CC[C@@H]4O3)cc([N+](=O)[O-])c2)cc1. The summed E-state index contributed by atoms with van der Waals surface area (Å²) in [6, 6.07) is 10.6. The standard InChI is InChI=1S/C21H18N2O7/c1-28-13-2-4-14(5-3-13)29-15-9-11(8-12(10-15)23(26)27)22-20(24)18-16-6-7-17(30-16)19(18)21(22)25/h2-5,8-10,16-19H,6-7H2,1H3/t16-,17-,18-,19+/m0/s1. The fourth-order valence-corrected chi connectivity index (χ4v) is 4.61. The fraction of sp³-hybridized carbons (Fsp3) is 0.333. The van der Waals surface area contributed by atoms with E-state index in [1.807, 2.05) is 0 Å². The van der Waals surface area contributed by atoms with E-state index in [0.29, 0.717) is 11.5 Å². The van der Waals surface area contributed by atoms with Gasteiger partial charge in [-0.3, -0.25) is 19.7 Å². The molecule has 0 saturated carbocycles. The summed E-state index contributed by atoms with van der Waals surface area (Å²) in [7, 11) is 1.54. The molecule has 4 atom stereocenters. The molecule has 154 valence electrons. The first kappa shape index (κ1) is 18.6. The van der Waals surface area contributed by atoms with Crippen LogP contribution in [0.4, 0.5) is 11.4 Å². The van der Waals surface area contributed by atoms with Crippen LogP contribution in [0, 0.1) is 22.0 Å². The van der Waals surface area contributed by atoms with Crippen LogP contribution in [0.15, 0.2) is 42.5 Å². The van der Waals surface area contributed by atoms with Gasteiger partial charge in [0.2, 0.25) is 11.8 Å². The zero-order valence-electron chi connectivity index (χ0n) is 16.0. The third kappa shape index (κ3) is 2.81. The van der Waals surface area contributed by atoms with Crippen molar-refractivity contribution in [3.63, 3.8) is 0 Å². The maximum absolute atomic E-state index is 13.0. The minimum atomic E-state index is -0.580. The summed E-state index contributed by atoms with van der Waals surface area (Å²) in [6.07, 6.45) is 0.990. The number of rotatable bonds is 5. The van der Waals surface area contributed by atoms with Crippen molar-refractivity contribution < 1.29 is 28.7 Å². The number of fused-ring (bicyclic) bond motifs is 5. The van der Waals surface area contributed by atoms with Crippen molar-refractivity contribution in [3.05, 3.63) is 52.6 Å². The zero-order chi connectivity index (χ0) is 21.0.